The number of ketones is 1. The van der Waals surface area contributed by atoms with Crippen LogP contribution < -0.4 is 10.2 Å². The van der Waals surface area contributed by atoms with Gasteiger partial charge in [0.05, 0.1) is 10.9 Å². The molecule has 1 aliphatic heterocycles. The molecule has 1 aromatic carbocycles. The lowest BCUT2D eigenvalue weighted by Crippen LogP contribution is -2.25. The van der Waals surface area contributed by atoms with Gasteiger partial charge < -0.3 is 10.2 Å². The largest absolute Gasteiger partial charge is 0.356 e. The Kier molecular flexibility index (Phi) is 5.58. The molecule has 6 nitrogen and oxygen atoms in total. The van der Waals surface area contributed by atoms with Crippen LogP contribution in [0.5, 0.6) is 0 Å². The maximum absolute atomic E-state index is 13.2. The van der Waals surface area contributed by atoms with Crippen LogP contribution in [0.4, 0.5) is 11.5 Å². The fourth-order valence-corrected chi connectivity index (χ4v) is 4.79. The van der Waals surface area contributed by atoms with Gasteiger partial charge in [-0.2, -0.15) is 0 Å². The van der Waals surface area contributed by atoms with Crippen LogP contribution in [-0.4, -0.2) is 34.7 Å². The van der Waals surface area contributed by atoms with E-state index < -0.39 is 0 Å². The third-order valence-electron chi connectivity index (χ3n) is 5.33. The molecule has 150 valence electrons. The molecule has 0 saturated carbocycles. The fourth-order valence-electron chi connectivity index (χ4n) is 3.81. The van der Waals surface area contributed by atoms with Crippen LogP contribution in [0.3, 0.4) is 0 Å². The lowest BCUT2D eigenvalue weighted by Gasteiger charge is -2.22. The second-order valence-corrected chi connectivity index (χ2v) is 8.60. The van der Waals surface area contributed by atoms with Gasteiger partial charge in [0.1, 0.15) is 17.0 Å². The van der Waals surface area contributed by atoms with Crippen molar-refractivity contribution in [2.45, 2.75) is 39.5 Å². The highest BCUT2D eigenvalue weighted by Gasteiger charge is 2.24. The summed E-state index contributed by atoms with van der Waals surface area (Å²) in [5, 5.41) is 3.81. The number of fused-ring (bicyclic) bond motifs is 1. The van der Waals surface area contributed by atoms with E-state index in [0.717, 1.165) is 46.8 Å². The van der Waals surface area contributed by atoms with E-state index in [0.29, 0.717) is 16.8 Å². The van der Waals surface area contributed by atoms with Crippen molar-refractivity contribution < 1.29 is 9.59 Å². The molecule has 0 aliphatic carbocycles. The molecule has 1 N–H and O–H groups in total. The zero-order chi connectivity index (χ0) is 20.4. The number of hydrogen-bond donors (Lipinski definition) is 1. The molecule has 0 unspecified atom stereocenters. The molecule has 1 fully saturated rings. The Balaban J connectivity index is 1.69. The molecule has 1 aliphatic rings. The number of nitrogens with zero attached hydrogens (tertiary/aromatic N) is 3. The maximum Gasteiger partial charge on any atom is 0.257 e. The highest BCUT2D eigenvalue weighted by molar-refractivity contribution is 7.19. The number of carbonyl (C=O) groups excluding carboxylic acids is 2. The van der Waals surface area contributed by atoms with Gasteiger partial charge in [-0.15, -0.1) is 11.3 Å². The molecular weight excluding hydrogens is 384 g/mol. The second kappa shape index (κ2) is 8.29. The Labute approximate surface area is 174 Å². The van der Waals surface area contributed by atoms with Crippen molar-refractivity contribution in [2.24, 2.45) is 0 Å². The molecule has 0 radical (unpaired) electrons. The number of anilines is 2. The number of thiophene rings is 1. The highest BCUT2D eigenvalue weighted by atomic mass is 32.1. The number of aromatic nitrogens is 2. The first-order chi connectivity index (χ1) is 14.0. The van der Waals surface area contributed by atoms with E-state index in [1.54, 1.807) is 30.6 Å². The third kappa shape index (κ3) is 4.00. The predicted molar refractivity (Wildman–Crippen MR) is 117 cm³/mol. The molecule has 29 heavy (non-hydrogen) atoms. The monoisotopic (exact) mass is 408 g/mol. The van der Waals surface area contributed by atoms with Gasteiger partial charge >= 0.3 is 0 Å². The van der Waals surface area contributed by atoms with Crippen molar-refractivity contribution in [2.75, 3.05) is 23.3 Å². The normalized spacial score (nSPS) is 14.6. The third-order valence-corrected chi connectivity index (χ3v) is 6.34. The Morgan fingerprint density at radius 1 is 1.03 bits per heavy atom. The second-order valence-electron chi connectivity index (χ2n) is 7.40. The van der Waals surface area contributed by atoms with Crippen LogP contribution in [0, 0.1) is 6.92 Å². The van der Waals surface area contributed by atoms with Gasteiger partial charge in [0.2, 0.25) is 0 Å². The summed E-state index contributed by atoms with van der Waals surface area (Å²) in [7, 11) is 0. The average Bonchev–Trinajstić information content (AvgIpc) is 2.87. The topological polar surface area (TPSA) is 75.2 Å². The molecule has 0 atom stereocenters. The van der Waals surface area contributed by atoms with Crippen LogP contribution in [-0.2, 0) is 0 Å². The zero-order valence-corrected chi connectivity index (χ0v) is 17.5. The molecule has 1 saturated heterocycles. The number of nitrogens with one attached hydrogen (secondary N) is 1. The molecule has 3 aromatic rings. The summed E-state index contributed by atoms with van der Waals surface area (Å²) >= 11 is 1.52. The van der Waals surface area contributed by atoms with Gasteiger partial charge in [0.25, 0.3) is 5.91 Å². The molecule has 2 aromatic heterocycles. The van der Waals surface area contributed by atoms with E-state index in [1.165, 1.54) is 31.1 Å². The first kappa shape index (κ1) is 19.5. The van der Waals surface area contributed by atoms with Crippen LogP contribution in [0.2, 0.25) is 0 Å². The molecule has 4 rings (SSSR count). The molecule has 0 bridgehead atoms. The minimum Gasteiger partial charge on any atom is -0.356 e. The van der Waals surface area contributed by atoms with E-state index in [-0.39, 0.29) is 11.7 Å². The zero-order valence-electron chi connectivity index (χ0n) is 16.7. The SMILES string of the molecule is CC(=O)c1ccc(NC(=O)c2c(C)sc3ncnc(N4CCCCCC4)c23)cc1. The highest BCUT2D eigenvalue weighted by Crippen LogP contribution is 2.36. The van der Waals surface area contributed by atoms with Crippen molar-refractivity contribution >= 4 is 44.7 Å². The van der Waals surface area contributed by atoms with E-state index >= 15 is 0 Å². The first-order valence-corrected chi connectivity index (χ1v) is 10.8. The van der Waals surface area contributed by atoms with E-state index in [9.17, 15) is 9.59 Å². The molecule has 0 spiro atoms. The number of Topliss-reactive ketones (excluding diaryl/α,β-unsaturated/α-hetero) is 1. The summed E-state index contributed by atoms with van der Waals surface area (Å²) in [4.78, 5) is 37.7. The Bertz CT molecular complexity index is 1050. The summed E-state index contributed by atoms with van der Waals surface area (Å²) in [5.74, 6) is 0.690. The van der Waals surface area contributed by atoms with Crippen molar-refractivity contribution in [3.05, 3.63) is 46.6 Å². The number of hydrogen-bond acceptors (Lipinski definition) is 6. The number of carbonyl (C=O) groups is 2. The summed E-state index contributed by atoms with van der Waals surface area (Å²) in [6.45, 7) is 5.38. The van der Waals surface area contributed by atoms with Gasteiger partial charge in [-0.1, -0.05) is 12.8 Å². The van der Waals surface area contributed by atoms with Crippen molar-refractivity contribution in [3.8, 4) is 0 Å². The number of aryl methyl sites for hydroxylation is 1. The minimum absolute atomic E-state index is 0.00166. The van der Waals surface area contributed by atoms with Gasteiger partial charge in [-0.3, -0.25) is 9.59 Å². The smallest absolute Gasteiger partial charge is 0.257 e. The summed E-state index contributed by atoms with van der Waals surface area (Å²) < 4.78 is 0. The number of rotatable bonds is 4. The van der Waals surface area contributed by atoms with Crippen molar-refractivity contribution in [3.63, 3.8) is 0 Å². The Morgan fingerprint density at radius 2 is 1.72 bits per heavy atom. The van der Waals surface area contributed by atoms with Crippen LogP contribution in [0.25, 0.3) is 10.2 Å². The lowest BCUT2D eigenvalue weighted by molar-refractivity contribution is 0.101. The number of benzene rings is 1. The van der Waals surface area contributed by atoms with E-state index in [4.69, 9.17) is 0 Å². The van der Waals surface area contributed by atoms with Crippen molar-refractivity contribution in [1.82, 2.24) is 9.97 Å². The average molecular weight is 409 g/mol. The van der Waals surface area contributed by atoms with Crippen LogP contribution in [0.1, 0.15) is 58.2 Å². The molecule has 7 heteroatoms. The first-order valence-electron chi connectivity index (χ1n) is 9.96. The standard InChI is InChI=1S/C22H24N4O2S/c1-14(27)16-7-9-17(10-8-16)25-21(28)18-15(2)29-22-19(18)20(23-13-24-22)26-11-5-3-4-6-12-26/h7-10,13H,3-6,11-12H2,1-2H3,(H,25,28). The van der Waals surface area contributed by atoms with Gasteiger partial charge in [-0.25, -0.2) is 9.97 Å². The quantitative estimate of drug-likeness (QED) is 0.626. The van der Waals surface area contributed by atoms with Gasteiger partial charge in [0, 0.05) is 29.2 Å². The Morgan fingerprint density at radius 3 is 2.38 bits per heavy atom. The van der Waals surface area contributed by atoms with Gasteiger partial charge in [-0.05, 0) is 51.0 Å². The van der Waals surface area contributed by atoms with E-state index in [1.807, 2.05) is 6.92 Å². The maximum atomic E-state index is 13.2. The summed E-state index contributed by atoms with van der Waals surface area (Å²) in [6, 6.07) is 6.96. The molecular formula is C22H24N4O2S. The van der Waals surface area contributed by atoms with Gasteiger partial charge in [0.15, 0.2) is 5.78 Å². The predicted octanol–water partition coefficient (Wildman–Crippen LogP) is 4.84. The van der Waals surface area contributed by atoms with E-state index in [2.05, 4.69) is 20.2 Å². The fraction of sp³-hybridized carbons (Fsp3) is 0.364. The minimum atomic E-state index is -0.171. The lowest BCUT2D eigenvalue weighted by atomic mass is 10.1. The number of amides is 1. The molecule has 1 amide bonds. The van der Waals surface area contributed by atoms with Crippen molar-refractivity contribution in [1.29, 1.82) is 0 Å². The van der Waals surface area contributed by atoms with Crippen LogP contribution in [0.15, 0.2) is 30.6 Å². The summed E-state index contributed by atoms with van der Waals surface area (Å²) in [5.41, 5.74) is 1.92. The molecule has 3 heterocycles. The van der Waals surface area contributed by atoms with Crippen LogP contribution >= 0.6 is 11.3 Å². The summed E-state index contributed by atoms with van der Waals surface area (Å²) in [6.07, 6.45) is 6.34. The Hall–Kier alpha value is -2.80.